The zero-order valence-corrected chi connectivity index (χ0v) is 27.7. The maximum Gasteiger partial charge on any atom is 0.0788 e. The van der Waals surface area contributed by atoms with Crippen LogP contribution >= 0.6 is 0 Å². The van der Waals surface area contributed by atoms with E-state index in [1.807, 2.05) is 0 Å². The van der Waals surface area contributed by atoms with Crippen molar-refractivity contribution in [2.24, 2.45) is 0 Å². The third-order valence-electron chi connectivity index (χ3n) is 10.6. The second-order valence-corrected chi connectivity index (χ2v) is 13.4. The third kappa shape index (κ3) is 4.06. The van der Waals surface area contributed by atoms with E-state index < -0.39 is 0 Å². The SMILES string of the molecule is c1ccc(-c2ccc(-n3c4ccccc4c4ccc5c6ccccc6n(-c6ccc(-n7c8ccccc8c8ccccc87)cc6)c5c43)cc2)cc1. The highest BCUT2D eigenvalue weighted by molar-refractivity contribution is 6.23. The molecule has 0 aliphatic rings. The Morgan fingerprint density at radius 3 is 0.980 bits per heavy atom. The standard InChI is InChI=1S/C48H31N3/c1-2-12-32(13-3-1)33-22-24-35(25-23-33)50-45-20-10-6-16-39(45)41-30-31-42-40-17-7-11-21-46(40)51(48(42)47(41)50)36-28-26-34(27-29-36)49-43-18-8-4-14-37(43)38-15-5-9-19-44(38)49/h1-31H. The number of fused-ring (bicyclic) bond motifs is 10. The average Bonchev–Trinajstić information content (AvgIpc) is 3.84. The quantitative estimate of drug-likeness (QED) is 0.180. The van der Waals surface area contributed by atoms with Crippen LogP contribution in [0.25, 0.3) is 93.6 Å². The summed E-state index contributed by atoms with van der Waals surface area (Å²) in [6.45, 7) is 0. The number of aromatic nitrogens is 3. The molecule has 11 rings (SSSR count). The van der Waals surface area contributed by atoms with Crippen molar-refractivity contribution in [3.05, 3.63) is 188 Å². The first-order valence-electron chi connectivity index (χ1n) is 17.5. The highest BCUT2D eigenvalue weighted by Gasteiger charge is 2.21. The molecule has 0 bridgehead atoms. The van der Waals surface area contributed by atoms with Gasteiger partial charge in [0, 0.05) is 49.4 Å². The van der Waals surface area contributed by atoms with Gasteiger partial charge in [-0.25, -0.2) is 0 Å². The molecule has 3 nitrogen and oxygen atoms in total. The fourth-order valence-corrected chi connectivity index (χ4v) is 8.42. The predicted octanol–water partition coefficient (Wildman–Crippen LogP) is 12.6. The summed E-state index contributed by atoms with van der Waals surface area (Å²) in [6.07, 6.45) is 0. The molecule has 8 aromatic carbocycles. The Kier molecular flexibility index (Phi) is 5.96. The van der Waals surface area contributed by atoms with Crippen molar-refractivity contribution in [2.45, 2.75) is 0 Å². The van der Waals surface area contributed by atoms with E-state index in [-0.39, 0.29) is 0 Å². The van der Waals surface area contributed by atoms with Crippen molar-refractivity contribution in [1.29, 1.82) is 0 Å². The second-order valence-electron chi connectivity index (χ2n) is 13.4. The van der Waals surface area contributed by atoms with Crippen LogP contribution in [0.4, 0.5) is 0 Å². The molecule has 0 amide bonds. The van der Waals surface area contributed by atoms with Crippen LogP contribution in [0.3, 0.4) is 0 Å². The largest absolute Gasteiger partial charge is 0.309 e. The molecule has 11 aromatic rings. The summed E-state index contributed by atoms with van der Waals surface area (Å²) < 4.78 is 7.31. The van der Waals surface area contributed by atoms with Gasteiger partial charge in [0.25, 0.3) is 0 Å². The maximum absolute atomic E-state index is 2.47. The fraction of sp³-hybridized carbons (Fsp3) is 0. The van der Waals surface area contributed by atoms with Crippen LogP contribution in [0.1, 0.15) is 0 Å². The van der Waals surface area contributed by atoms with Crippen molar-refractivity contribution >= 4 is 65.4 Å². The smallest absolute Gasteiger partial charge is 0.0788 e. The minimum absolute atomic E-state index is 1.13. The normalized spacial score (nSPS) is 11.9. The molecule has 0 unspecified atom stereocenters. The topological polar surface area (TPSA) is 14.8 Å². The van der Waals surface area contributed by atoms with Crippen LogP contribution in [0.5, 0.6) is 0 Å². The van der Waals surface area contributed by atoms with E-state index in [4.69, 9.17) is 0 Å². The lowest BCUT2D eigenvalue weighted by molar-refractivity contribution is 1.13. The van der Waals surface area contributed by atoms with Crippen LogP contribution < -0.4 is 0 Å². The van der Waals surface area contributed by atoms with Gasteiger partial charge in [-0.05, 0) is 71.8 Å². The van der Waals surface area contributed by atoms with E-state index in [0.29, 0.717) is 0 Å². The number of hydrogen-bond acceptors (Lipinski definition) is 0. The lowest BCUT2D eigenvalue weighted by atomic mass is 10.1. The number of rotatable bonds is 4. The Morgan fingerprint density at radius 1 is 0.216 bits per heavy atom. The number of para-hydroxylation sites is 4. The molecule has 0 saturated carbocycles. The Bertz CT molecular complexity index is 3050. The van der Waals surface area contributed by atoms with E-state index in [9.17, 15) is 0 Å². The lowest BCUT2D eigenvalue weighted by Gasteiger charge is -2.14. The molecular formula is C48H31N3. The zero-order valence-electron chi connectivity index (χ0n) is 27.7. The van der Waals surface area contributed by atoms with Crippen LogP contribution in [0.15, 0.2) is 188 Å². The summed E-state index contributed by atoms with van der Waals surface area (Å²) in [4.78, 5) is 0. The fourth-order valence-electron chi connectivity index (χ4n) is 8.42. The van der Waals surface area contributed by atoms with Crippen LogP contribution in [0.2, 0.25) is 0 Å². The molecule has 3 heteroatoms. The molecule has 0 N–H and O–H groups in total. The first-order valence-corrected chi connectivity index (χ1v) is 17.5. The molecule has 0 saturated heterocycles. The highest BCUT2D eigenvalue weighted by atomic mass is 15.0. The van der Waals surface area contributed by atoms with Crippen LogP contribution in [0, 0.1) is 0 Å². The highest BCUT2D eigenvalue weighted by Crippen LogP contribution is 2.42. The summed E-state index contributed by atoms with van der Waals surface area (Å²) >= 11 is 0. The summed E-state index contributed by atoms with van der Waals surface area (Å²) in [5.41, 5.74) is 13.1. The van der Waals surface area contributed by atoms with Gasteiger partial charge < -0.3 is 13.7 Å². The van der Waals surface area contributed by atoms with Gasteiger partial charge in [0.2, 0.25) is 0 Å². The third-order valence-corrected chi connectivity index (χ3v) is 10.6. The number of nitrogens with zero attached hydrogens (tertiary/aromatic N) is 3. The summed E-state index contributed by atoms with van der Waals surface area (Å²) in [7, 11) is 0. The molecule has 0 atom stereocenters. The van der Waals surface area contributed by atoms with Crippen molar-refractivity contribution in [1.82, 2.24) is 13.7 Å². The lowest BCUT2D eigenvalue weighted by Crippen LogP contribution is -2.00. The van der Waals surface area contributed by atoms with E-state index in [0.717, 1.165) is 17.1 Å². The summed E-state index contributed by atoms with van der Waals surface area (Å²) in [5.74, 6) is 0. The zero-order chi connectivity index (χ0) is 33.5. The van der Waals surface area contributed by atoms with Crippen LogP contribution in [-0.4, -0.2) is 13.7 Å². The second kappa shape index (κ2) is 10.8. The predicted molar refractivity (Wildman–Crippen MR) is 215 cm³/mol. The molecule has 51 heavy (non-hydrogen) atoms. The molecule has 0 aliphatic heterocycles. The van der Waals surface area contributed by atoms with E-state index in [1.54, 1.807) is 0 Å². The summed E-state index contributed by atoms with van der Waals surface area (Å²) in [6, 6.07) is 68.4. The first kappa shape index (κ1) is 28.0. The van der Waals surface area contributed by atoms with Gasteiger partial charge in [-0.15, -0.1) is 0 Å². The van der Waals surface area contributed by atoms with Crippen LogP contribution in [-0.2, 0) is 0 Å². The molecule has 238 valence electrons. The van der Waals surface area contributed by atoms with E-state index in [2.05, 4.69) is 202 Å². The molecule has 0 spiro atoms. The van der Waals surface area contributed by atoms with Crippen molar-refractivity contribution < 1.29 is 0 Å². The van der Waals surface area contributed by atoms with Crippen molar-refractivity contribution in [3.63, 3.8) is 0 Å². The minimum Gasteiger partial charge on any atom is -0.309 e. The van der Waals surface area contributed by atoms with E-state index in [1.165, 1.54) is 76.5 Å². The Balaban J connectivity index is 1.18. The monoisotopic (exact) mass is 649 g/mol. The van der Waals surface area contributed by atoms with Crippen molar-refractivity contribution in [2.75, 3.05) is 0 Å². The average molecular weight is 650 g/mol. The molecular weight excluding hydrogens is 619 g/mol. The van der Waals surface area contributed by atoms with Gasteiger partial charge in [-0.2, -0.15) is 0 Å². The first-order chi connectivity index (χ1) is 25.3. The Morgan fingerprint density at radius 2 is 0.529 bits per heavy atom. The molecule has 0 radical (unpaired) electrons. The Labute approximate surface area is 294 Å². The van der Waals surface area contributed by atoms with Gasteiger partial charge in [-0.3, -0.25) is 0 Å². The van der Waals surface area contributed by atoms with Crippen molar-refractivity contribution in [3.8, 4) is 28.2 Å². The van der Waals surface area contributed by atoms with Gasteiger partial charge in [0.1, 0.15) is 0 Å². The molecule has 3 aromatic heterocycles. The number of benzene rings is 8. The van der Waals surface area contributed by atoms with Gasteiger partial charge >= 0.3 is 0 Å². The Hall–Kier alpha value is -6.84. The number of hydrogen-bond donors (Lipinski definition) is 0. The van der Waals surface area contributed by atoms with Gasteiger partial charge in [0.05, 0.1) is 33.1 Å². The summed E-state index contributed by atoms with van der Waals surface area (Å²) in [5, 5.41) is 7.53. The van der Waals surface area contributed by atoms with Gasteiger partial charge in [-0.1, -0.05) is 127 Å². The molecule has 0 fully saturated rings. The minimum atomic E-state index is 1.13. The maximum atomic E-state index is 2.47. The van der Waals surface area contributed by atoms with Gasteiger partial charge in [0.15, 0.2) is 0 Å². The molecule has 0 aliphatic carbocycles. The molecule has 3 heterocycles. The van der Waals surface area contributed by atoms with E-state index >= 15 is 0 Å².